The highest BCUT2D eigenvalue weighted by Gasteiger charge is 2.05. The second kappa shape index (κ2) is 6.27. The smallest absolute Gasteiger partial charge is 0.252 e. The summed E-state index contributed by atoms with van der Waals surface area (Å²) in [6, 6.07) is 7.57. The maximum atomic E-state index is 12.1. The fourth-order valence-corrected chi connectivity index (χ4v) is 3.21. The summed E-state index contributed by atoms with van der Waals surface area (Å²) in [6.45, 7) is 0. The molecule has 0 aliphatic rings. The molecule has 2 heterocycles. The molecule has 0 aliphatic carbocycles. The number of hydrogen-bond donors (Lipinski definition) is 1. The third-order valence-electron chi connectivity index (χ3n) is 3.41. The summed E-state index contributed by atoms with van der Waals surface area (Å²) in [4.78, 5) is 15.0. The van der Waals surface area contributed by atoms with Gasteiger partial charge >= 0.3 is 0 Å². The second-order valence-electron chi connectivity index (χ2n) is 5.09. The molecular formula is C16H17N3O2S. The molecule has 0 radical (unpaired) electrons. The Balaban J connectivity index is 1.77. The number of methoxy groups -OCH3 is 1. The number of aryl methyl sites for hydroxylation is 1. The van der Waals surface area contributed by atoms with Crippen LogP contribution in [0.5, 0.6) is 5.75 Å². The quantitative estimate of drug-likeness (QED) is 0.786. The van der Waals surface area contributed by atoms with Crippen LogP contribution in [0.4, 0.5) is 0 Å². The van der Waals surface area contributed by atoms with Gasteiger partial charge in [0.05, 0.1) is 13.3 Å². The van der Waals surface area contributed by atoms with E-state index in [1.165, 1.54) is 0 Å². The number of benzene rings is 1. The minimum absolute atomic E-state index is 0.0312. The monoisotopic (exact) mass is 315 g/mol. The molecule has 0 saturated heterocycles. The minimum atomic E-state index is -0.0312. The van der Waals surface area contributed by atoms with Crippen molar-refractivity contribution in [1.82, 2.24) is 14.8 Å². The van der Waals surface area contributed by atoms with Crippen LogP contribution in [0.1, 0.15) is 11.1 Å². The number of nitrogens with one attached hydrogen (secondary N) is 1. The highest BCUT2D eigenvalue weighted by molar-refractivity contribution is 7.97. The Morgan fingerprint density at radius 2 is 2.18 bits per heavy atom. The first-order valence-corrected chi connectivity index (χ1v) is 8.06. The van der Waals surface area contributed by atoms with Gasteiger partial charge in [0.15, 0.2) is 0 Å². The third kappa shape index (κ3) is 3.17. The summed E-state index contributed by atoms with van der Waals surface area (Å²) in [6.07, 6.45) is 3.84. The van der Waals surface area contributed by atoms with E-state index in [2.05, 4.69) is 10.1 Å². The number of rotatable bonds is 5. The molecule has 6 heteroatoms. The van der Waals surface area contributed by atoms with Crippen LogP contribution >= 0.6 is 11.8 Å². The number of aromatic amines is 1. The Labute approximate surface area is 132 Å². The largest absolute Gasteiger partial charge is 0.497 e. The summed E-state index contributed by atoms with van der Waals surface area (Å²) in [7, 11) is 3.53. The lowest BCUT2D eigenvalue weighted by molar-refractivity contribution is 0.415. The Kier molecular flexibility index (Phi) is 4.20. The summed E-state index contributed by atoms with van der Waals surface area (Å²) in [5.74, 6) is 2.29. The fourth-order valence-electron chi connectivity index (χ4n) is 2.29. The van der Waals surface area contributed by atoms with Crippen molar-refractivity contribution < 1.29 is 4.74 Å². The molecule has 1 aromatic carbocycles. The van der Waals surface area contributed by atoms with Gasteiger partial charge in [-0.05, 0) is 29.8 Å². The van der Waals surface area contributed by atoms with E-state index < -0.39 is 0 Å². The lowest BCUT2D eigenvalue weighted by atomic mass is 10.1. The maximum Gasteiger partial charge on any atom is 0.252 e. The molecule has 0 bridgehead atoms. The van der Waals surface area contributed by atoms with E-state index in [0.717, 1.165) is 33.5 Å². The molecule has 3 aromatic rings. The molecule has 3 rings (SSSR count). The zero-order valence-electron chi connectivity index (χ0n) is 12.5. The van der Waals surface area contributed by atoms with Gasteiger partial charge < -0.3 is 9.72 Å². The van der Waals surface area contributed by atoms with E-state index in [1.54, 1.807) is 23.6 Å². The molecule has 0 fully saturated rings. The molecule has 0 atom stereocenters. The van der Waals surface area contributed by atoms with Crippen molar-refractivity contribution in [2.75, 3.05) is 7.11 Å². The van der Waals surface area contributed by atoms with Crippen LogP contribution in [0.25, 0.3) is 10.9 Å². The average Bonchev–Trinajstić information content (AvgIpc) is 2.93. The zero-order chi connectivity index (χ0) is 15.5. The molecule has 0 amide bonds. The maximum absolute atomic E-state index is 12.1. The SMILES string of the molecule is COc1ccc2[nH]c(=O)c(CSCc3cnn(C)c3)cc2c1. The molecule has 0 saturated carbocycles. The first-order chi connectivity index (χ1) is 10.7. The van der Waals surface area contributed by atoms with E-state index in [0.29, 0.717) is 5.75 Å². The highest BCUT2D eigenvalue weighted by atomic mass is 32.2. The lowest BCUT2D eigenvalue weighted by Gasteiger charge is -2.05. The van der Waals surface area contributed by atoms with Gasteiger partial charge in [0.2, 0.25) is 0 Å². The van der Waals surface area contributed by atoms with Crippen molar-refractivity contribution in [3.05, 3.63) is 58.1 Å². The van der Waals surface area contributed by atoms with Crippen LogP contribution in [-0.4, -0.2) is 21.9 Å². The fraction of sp³-hybridized carbons (Fsp3) is 0.250. The average molecular weight is 315 g/mol. The number of H-pyrrole nitrogens is 1. The third-order valence-corrected chi connectivity index (χ3v) is 4.47. The second-order valence-corrected chi connectivity index (χ2v) is 6.08. The van der Waals surface area contributed by atoms with Crippen molar-refractivity contribution in [1.29, 1.82) is 0 Å². The number of nitrogens with zero attached hydrogens (tertiary/aromatic N) is 2. The van der Waals surface area contributed by atoms with E-state index in [1.807, 2.05) is 43.7 Å². The molecule has 2 aromatic heterocycles. The van der Waals surface area contributed by atoms with Crippen molar-refractivity contribution in [3.8, 4) is 5.75 Å². The molecule has 22 heavy (non-hydrogen) atoms. The molecule has 0 aliphatic heterocycles. The van der Waals surface area contributed by atoms with Gasteiger partial charge in [0.1, 0.15) is 5.75 Å². The van der Waals surface area contributed by atoms with Crippen molar-refractivity contribution in [3.63, 3.8) is 0 Å². The van der Waals surface area contributed by atoms with Crippen molar-refractivity contribution >= 4 is 22.7 Å². The molecule has 1 N–H and O–H groups in total. The molecule has 5 nitrogen and oxygen atoms in total. The minimum Gasteiger partial charge on any atom is -0.497 e. The molecule has 0 spiro atoms. The van der Waals surface area contributed by atoms with Gasteiger partial charge in [-0.2, -0.15) is 16.9 Å². The van der Waals surface area contributed by atoms with E-state index in [4.69, 9.17) is 4.74 Å². The summed E-state index contributed by atoms with van der Waals surface area (Å²) in [5.41, 5.74) is 2.73. The van der Waals surface area contributed by atoms with Crippen molar-refractivity contribution in [2.45, 2.75) is 11.5 Å². The van der Waals surface area contributed by atoms with E-state index in [-0.39, 0.29) is 5.56 Å². The van der Waals surface area contributed by atoms with Crippen LogP contribution in [0.3, 0.4) is 0 Å². The summed E-state index contributed by atoms with van der Waals surface area (Å²) in [5, 5.41) is 5.12. The molecule has 0 unspecified atom stereocenters. The topological polar surface area (TPSA) is 59.9 Å². The predicted octanol–water partition coefficient (Wildman–Crippen LogP) is 2.70. The normalized spacial score (nSPS) is 11.0. The Hall–Kier alpha value is -2.21. The standard InChI is InChI=1S/C16H17N3O2S/c1-19-8-11(7-17-19)9-22-10-13-5-12-6-14(21-2)3-4-15(12)18-16(13)20/h3-8H,9-10H2,1-2H3,(H,18,20). The number of fused-ring (bicyclic) bond motifs is 1. The Bertz CT molecular complexity index is 854. The zero-order valence-corrected chi connectivity index (χ0v) is 13.3. The van der Waals surface area contributed by atoms with Crippen LogP contribution in [0.2, 0.25) is 0 Å². The van der Waals surface area contributed by atoms with Crippen LogP contribution in [0, 0.1) is 0 Å². The summed E-state index contributed by atoms with van der Waals surface area (Å²) >= 11 is 1.70. The van der Waals surface area contributed by atoms with Gasteiger partial charge in [0.25, 0.3) is 5.56 Å². The van der Waals surface area contributed by atoms with E-state index in [9.17, 15) is 4.79 Å². The molecule has 114 valence electrons. The van der Waals surface area contributed by atoms with Crippen LogP contribution < -0.4 is 10.3 Å². The van der Waals surface area contributed by atoms with Crippen LogP contribution in [-0.2, 0) is 18.6 Å². The van der Waals surface area contributed by atoms with E-state index >= 15 is 0 Å². The first-order valence-electron chi connectivity index (χ1n) is 6.91. The first kappa shape index (κ1) is 14.7. The number of pyridine rings is 1. The highest BCUT2D eigenvalue weighted by Crippen LogP contribution is 2.21. The van der Waals surface area contributed by atoms with Gasteiger partial charge in [-0.3, -0.25) is 9.48 Å². The number of hydrogen-bond acceptors (Lipinski definition) is 4. The lowest BCUT2D eigenvalue weighted by Crippen LogP contribution is -2.11. The van der Waals surface area contributed by atoms with Gasteiger partial charge in [-0.25, -0.2) is 0 Å². The van der Waals surface area contributed by atoms with Gasteiger partial charge in [-0.15, -0.1) is 0 Å². The Morgan fingerprint density at radius 3 is 2.91 bits per heavy atom. The number of aromatic nitrogens is 3. The molecular weight excluding hydrogens is 298 g/mol. The van der Waals surface area contributed by atoms with Gasteiger partial charge in [-0.1, -0.05) is 0 Å². The van der Waals surface area contributed by atoms with Gasteiger partial charge in [0, 0.05) is 41.2 Å². The van der Waals surface area contributed by atoms with Crippen molar-refractivity contribution in [2.24, 2.45) is 7.05 Å². The summed E-state index contributed by atoms with van der Waals surface area (Å²) < 4.78 is 7.01. The predicted molar refractivity (Wildman–Crippen MR) is 89.3 cm³/mol. The number of thioether (sulfide) groups is 1. The Morgan fingerprint density at radius 1 is 1.32 bits per heavy atom. The number of ether oxygens (including phenoxy) is 1. The van der Waals surface area contributed by atoms with Crippen LogP contribution in [0.15, 0.2) is 41.5 Å².